The molecule has 170 valence electrons. The number of rotatable bonds is 7. The van der Waals surface area contributed by atoms with Crippen LogP contribution in [0.15, 0.2) is 47.4 Å². The predicted molar refractivity (Wildman–Crippen MR) is 123 cm³/mol. The molecule has 0 saturated carbocycles. The Kier molecular flexibility index (Phi) is 6.97. The zero-order valence-electron chi connectivity index (χ0n) is 17.2. The third kappa shape index (κ3) is 5.57. The van der Waals surface area contributed by atoms with E-state index in [0.717, 1.165) is 4.70 Å². The van der Waals surface area contributed by atoms with Crippen molar-refractivity contribution >= 4 is 48.9 Å². The molecule has 6 nitrogen and oxygen atoms in total. The van der Waals surface area contributed by atoms with Crippen molar-refractivity contribution < 1.29 is 22.3 Å². The van der Waals surface area contributed by atoms with Crippen molar-refractivity contribution in [2.45, 2.75) is 36.7 Å². The summed E-state index contributed by atoms with van der Waals surface area (Å²) in [5, 5.41) is 0.978. The van der Waals surface area contributed by atoms with E-state index in [4.69, 9.17) is 16.3 Å². The first-order chi connectivity index (χ1) is 15.3. The van der Waals surface area contributed by atoms with E-state index in [0.29, 0.717) is 41.7 Å². The highest BCUT2D eigenvalue weighted by molar-refractivity contribution is 7.91. The molecule has 0 unspecified atom stereocenters. The number of nitrogens with zero attached hydrogens (tertiary/aromatic N) is 2. The van der Waals surface area contributed by atoms with Gasteiger partial charge in [0.15, 0.2) is 9.84 Å². The highest BCUT2D eigenvalue weighted by Crippen LogP contribution is 2.30. The van der Waals surface area contributed by atoms with Crippen LogP contribution in [0.25, 0.3) is 10.2 Å². The molecule has 0 bridgehead atoms. The normalized spacial score (nSPS) is 15.2. The maximum atomic E-state index is 13.3. The van der Waals surface area contributed by atoms with Gasteiger partial charge in [-0.05, 0) is 48.9 Å². The molecule has 1 aliphatic rings. The second-order valence-electron chi connectivity index (χ2n) is 7.67. The number of amides is 1. The van der Waals surface area contributed by atoms with E-state index < -0.39 is 9.84 Å². The van der Waals surface area contributed by atoms with Crippen LogP contribution in [0, 0.1) is 5.82 Å². The molecule has 1 aromatic heterocycles. The van der Waals surface area contributed by atoms with Gasteiger partial charge in [0, 0.05) is 37.4 Å². The minimum atomic E-state index is -3.44. The van der Waals surface area contributed by atoms with E-state index in [-0.39, 0.29) is 41.3 Å². The van der Waals surface area contributed by atoms with E-state index >= 15 is 0 Å². The highest BCUT2D eigenvalue weighted by atomic mass is 35.5. The summed E-state index contributed by atoms with van der Waals surface area (Å²) >= 11 is 7.11. The molecule has 2 heterocycles. The van der Waals surface area contributed by atoms with Gasteiger partial charge >= 0.3 is 0 Å². The SMILES string of the molecule is O=C(CCCS(=O)(=O)c1ccc(Cl)cc1)N1CCC(Oc2nc3ccc(F)cc3s2)CC1. The van der Waals surface area contributed by atoms with E-state index in [1.165, 1.54) is 35.6 Å². The number of carbonyl (C=O) groups is 1. The summed E-state index contributed by atoms with van der Waals surface area (Å²) in [5.41, 5.74) is 0.701. The third-order valence-corrected chi connectivity index (χ3v) is 8.35. The van der Waals surface area contributed by atoms with Crippen LogP contribution in [-0.4, -0.2) is 49.2 Å². The molecule has 1 amide bonds. The fourth-order valence-corrected chi connectivity index (χ4v) is 5.97. The summed E-state index contributed by atoms with van der Waals surface area (Å²) in [6.07, 6.45) is 1.72. The maximum Gasteiger partial charge on any atom is 0.274 e. The third-order valence-electron chi connectivity index (χ3n) is 5.37. The van der Waals surface area contributed by atoms with Crippen molar-refractivity contribution in [2.75, 3.05) is 18.8 Å². The number of thiazole rings is 1. The molecule has 0 spiro atoms. The lowest BCUT2D eigenvalue weighted by Crippen LogP contribution is -2.41. The molecule has 0 radical (unpaired) electrons. The van der Waals surface area contributed by atoms with Crippen LogP contribution < -0.4 is 4.74 Å². The Hall–Kier alpha value is -2.23. The van der Waals surface area contributed by atoms with Crippen molar-refractivity contribution in [1.29, 1.82) is 0 Å². The van der Waals surface area contributed by atoms with Crippen molar-refractivity contribution in [1.82, 2.24) is 9.88 Å². The van der Waals surface area contributed by atoms with Gasteiger partial charge in [0.05, 0.1) is 20.9 Å². The van der Waals surface area contributed by atoms with Gasteiger partial charge in [0.2, 0.25) is 5.91 Å². The number of hydrogen-bond donors (Lipinski definition) is 0. The van der Waals surface area contributed by atoms with E-state index in [1.807, 2.05) is 0 Å². The summed E-state index contributed by atoms with van der Waals surface area (Å²) in [7, 11) is -3.44. The van der Waals surface area contributed by atoms with E-state index in [9.17, 15) is 17.6 Å². The minimum absolute atomic E-state index is 0.0507. The molecular weight excluding hydrogens is 475 g/mol. The molecule has 0 atom stereocenters. The van der Waals surface area contributed by atoms with Gasteiger partial charge in [-0.15, -0.1) is 0 Å². The summed E-state index contributed by atoms with van der Waals surface area (Å²) in [5.74, 6) is -0.441. The molecule has 1 fully saturated rings. The fourth-order valence-electron chi connectivity index (χ4n) is 3.62. The molecule has 1 saturated heterocycles. The van der Waals surface area contributed by atoms with E-state index in [1.54, 1.807) is 23.1 Å². The van der Waals surface area contributed by atoms with Crippen LogP contribution in [0.5, 0.6) is 5.19 Å². The molecule has 0 N–H and O–H groups in total. The van der Waals surface area contributed by atoms with Crippen molar-refractivity contribution in [3.05, 3.63) is 53.3 Å². The molecular formula is C22H22ClFN2O4S2. The summed E-state index contributed by atoms with van der Waals surface area (Å²) in [4.78, 5) is 18.9. The largest absolute Gasteiger partial charge is 0.467 e. The zero-order valence-corrected chi connectivity index (χ0v) is 19.6. The second kappa shape index (κ2) is 9.72. The quantitative estimate of drug-likeness (QED) is 0.473. The number of piperidine rings is 1. The monoisotopic (exact) mass is 496 g/mol. The molecule has 32 heavy (non-hydrogen) atoms. The Bertz CT molecular complexity index is 1210. The summed E-state index contributed by atoms with van der Waals surface area (Å²) in [6.45, 7) is 1.10. The molecule has 4 rings (SSSR count). The molecule has 2 aromatic carbocycles. The first-order valence-corrected chi connectivity index (χ1v) is 13.1. The van der Waals surface area contributed by atoms with Crippen molar-refractivity contribution in [2.24, 2.45) is 0 Å². The number of fused-ring (bicyclic) bond motifs is 1. The lowest BCUT2D eigenvalue weighted by atomic mass is 10.1. The number of aromatic nitrogens is 1. The van der Waals surface area contributed by atoms with Gasteiger partial charge in [-0.3, -0.25) is 4.79 Å². The Labute approximate surface area is 194 Å². The van der Waals surface area contributed by atoms with Crippen molar-refractivity contribution in [3.63, 3.8) is 0 Å². The van der Waals surface area contributed by atoms with Crippen LogP contribution in [0.3, 0.4) is 0 Å². The average Bonchev–Trinajstić information content (AvgIpc) is 3.15. The number of carbonyl (C=O) groups excluding carboxylic acids is 1. The van der Waals surface area contributed by atoms with Crippen LogP contribution in [0.4, 0.5) is 4.39 Å². The van der Waals surface area contributed by atoms with Gasteiger partial charge in [-0.2, -0.15) is 0 Å². The summed E-state index contributed by atoms with van der Waals surface area (Å²) in [6, 6.07) is 10.5. The standard InChI is InChI=1S/C22H22ClFN2O4S2/c23-15-3-6-18(7-4-15)32(28,29)13-1-2-21(27)26-11-9-17(10-12-26)30-22-25-19-8-5-16(24)14-20(19)31-22/h3-8,14,17H,1-2,9-13H2. The minimum Gasteiger partial charge on any atom is -0.467 e. The number of likely N-dealkylation sites (tertiary alicyclic amines) is 1. The van der Waals surface area contributed by atoms with Crippen LogP contribution >= 0.6 is 22.9 Å². The number of hydrogen-bond acceptors (Lipinski definition) is 6. The van der Waals surface area contributed by atoms with Gasteiger partial charge in [0.25, 0.3) is 5.19 Å². The lowest BCUT2D eigenvalue weighted by Gasteiger charge is -2.31. The van der Waals surface area contributed by atoms with E-state index in [2.05, 4.69) is 4.98 Å². The van der Waals surface area contributed by atoms with Crippen molar-refractivity contribution in [3.8, 4) is 5.19 Å². The lowest BCUT2D eigenvalue weighted by molar-refractivity contribution is -0.133. The maximum absolute atomic E-state index is 13.3. The fraction of sp³-hybridized carbons (Fsp3) is 0.364. The first-order valence-electron chi connectivity index (χ1n) is 10.3. The number of benzene rings is 2. The molecule has 10 heteroatoms. The number of halogens is 2. The van der Waals surface area contributed by atoms with Crippen LogP contribution in [0.2, 0.25) is 5.02 Å². The van der Waals surface area contributed by atoms with Gasteiger partial charge in [-0.1, -0.05) is 22.9 Å². The smallest absolute Gasteiger partial charge is 0.274 e. The average molecular weight is 497 g/mol. The van der Waals surface area contributed by atoms with Gasteiger partial charge in [-0.25, -0.2) is 17.8 Å². The summed E-state index contributed by atoms with van der Waals surface area (Å²) < 4.78 is 44.8. The van der Waals surface area contributed by atoms with Gasteiger partial charge < -0.3 is 9.64 Å². The number of ether oxygens (including phenoxy) is 1. The molecule has 1 aliphatic heterocycles. The van der Waals surface area contributed by atoms with Crippen LogP contribution in [-0.2, 0) is 14.6 Å². The number of sulfone groups is 1. The highest BCUT2D eigenvalue weighted by Gasteiger charge is 2.25. The Morgan fingerprint density at radius 1 is 1.19 bits per heavy atom. The Balaban J connectivity index is 1.23. The second-order valence-corrected chi connectivity index (χ2v) is 11.2. The molecule has 0 aliphatic carbocycles. The van der Waals surface area contributed by atoms with Crippen LogP contribution in [0.1, 0.15) is 25.7 Å². The first kappa shape index (κ1) is 22.9. The Morgan fingerprint density at radius 2 is 1.91 bits per heavy atom. The predicted octanol–water partition coefficient (Wildman–Crippen LogP) is 4.71. The molecule has 3 aromatic rings. The zero-order chi connectivity index (χ0) is 22.7. The Morgan fingerprint density at radius 3 is 2.62 bits per heavy atom. The topological polar surface area (TPSA) is 76.6 Å². The van der Waals surface area contributed by atoms with Gasteiger partial charge in [0.1, 0.15) is 11.9 Å².